The summed E-state index contributed by atoms with van der Waals surface area (Å²) in [4.78, 5) is 2.48. The van der Waals surface area contributed by atoms with Crippen LogP contribution in [0.5, 0.6) is 0 Å². The van der Waals surface area contributed by atoms with E-state index in [2.05, 4.69) is 235 Å². The van der Waals surface area contributed by atoms with E-state index in [0.717, 1.165) is 0 Å². The predicted molar refractivity (Wildman–Crippen MR) is 235 cm³/mol. The molecule has 0 N–H and O–H groups in total. The molecule has 1 aromatic heterocycles. The first kappa shape index (κ1) is 32.7. The maximum Gasteiger partial charge on any atom is 0.0655 e. The summed E-state index contributed by atoms with van der Waals surface area (Å²) in [5.41, 5.74) is 14.6. The zero-order valence-electron chi connectivity index (χ0n) is 30.8. The fourth-order valence-corrected chi connectivity index (χ4v) is 8.55. The van der Waals surface area contributed by atoms with Crippen molar-refractivity contribution in [2.75, 3.05) is 4.90 Å². The number of aromatic nitrogens is 1. The smallest absolute Gasteiger partial charge is 0.0655 e. The average molecular weight is 705 g/mol. The largest absolute Gasteiger partial charge is 0.333 e. The second-order valence-corrected chi connectivity index (χ2v) is 14.8. The zero-order valence-corrected chi connectivity index (χ0v) is 30.8. The second-order valence-electron chi connectivity index (χ2n) is 14.8. The summed E-state index contributed by atoms with van der Waals surface area (Å²) >= 11 is 0. The van der Waals surface area contributed by atoms with Crippen LogP contribution in [0.15, 0.2) is 194 Å². The molecule has 0 spiro atoms. The van der Waals surface area contributed by atoms with Gasteiger partial charge in [-0.15, -0.1) is 0 Å². The molecule has 1 aliphatic carbocycles. The van der Waals surface area contributed by atoms with Crippen molar-refractivity contribution in [2.45, 2.75) is 18.4 Å². The van der Waals surface area contributed by atoms with Gasteiger partial charge in [0.05, 0.1) is 17.1 Å². The van der Waals surface area contributed by atoms with Gasteiger partial charge >= 0.3 is 0 Å². The first-order valence-corrected chi connectivity index (χ1v) is 19.1. The van der Waals surface area contributed by atoms with Crippen LogP contribution in [-0.4, -0.2) is 10.6 Å². The summed E-state index contributed by atoms with van der Waals surface area (Å²) in [6.45, 7) is 2.35. The molecule has 262 valence electrons. The predicted octanol–water partition coefficient (Wildman–Crippen LogP) is 13.7. The fourth-order valence-electron chi connectivity index (χ4n) is 8.55. The summed E-state index contributed by atoms with van der Waals surface area (Å²) in [6, 6.07) is 61.7. The van der Waals surface area contributed by atoms with Crippen LogP contribution in [0, 0.1) is 0 Å². The monoisotopic (exact) mass is 704 g/mol. The maximum atomic E-state index is 2.48. The molecule has 10 rings (SSSR count). The molecule has 0 bridgehead atoms. The molecule has 8 aromatic rings. The van der Waals surface area contributed by atoms with Gasteiger partial charge in [-0.3, -0.25) is 0 Å². The molecule has 2 atom stereocenters. The van der Waals surface area contributed by atoms with E-state index in [1.807, 2.05) is 0 Å². The van der Waals surface area contributed by atoms with Crippen LogP contribution in [0.2, 0.25) is 0 Å². The molecule has 55 heavy (non-hydrogen) atoms. The highest BCUT2D eigenvalue weighted by atomic mass is 15.2. The van der Waals surface area contributed by atoms with E-state index in [-0.39, 0.29) is 11.5 Å². The standard InChI is InChI=1S/C53H40N2/c1-53-37-9-8-16-52(53)55(51-15-7-4-12-48(51)53)45-35-27-41(28-36-45)20-18-39-23-31-43(32-24-39)42-29-21-38(22-30-42)17-19-40-25-33-44(34-26-40)54-49-13-5-2-10-46(49)47-11-3-6-14-50(47)54/h2-37,52H,1H3/b19-17+,20-18+. The number of hydrogen-bond donors (Lipinski definition) is 0. The molecule has 0 saturated carbocycles. The van der Waals surface area contributed by atoms with Gasteiger partial charge in [0.25, 0.3) is 0 Å². The van der Waals surface area contributed by atoms with Crippen molar-refractivity contribution in [1.82, 2.24) is 4.57 Å². The van der Waals surface area contributed by atoms with Gasteiger partial charge < -0.3 is 9.47 Å². The zero-order chi connectivity index (χ0) is 36.8. The quantitative estimate of drug-likeness (QED) is 0.150. The third kappa shape index (κ3) is 5.84. The molecule has 2 heteroatoms. The van der Waals surface area contributed by atoms with Gasteiger partial charge in [0.15, 0.2) is 0 Å². The Morgan fingerprint density at radius 2 is 0.909 bits per heavy atom. The van der Waals surface area contributed by atoms with Crippen molar-refractivity contribution in [3.8, 4) is 16.8 Å². The maximum absolute atomic E-state index is 2.48. The van der Waals surface area contributed by atoms with Crippen LogP contribution in [0.25, 0.3) is 62.9 Å². The highest BCUT2D eigenvalue weighted by Crippen LogP contribution is 2.51. The van der Waals surface area contributed by atoms with Crippen molar-refractivity contribution in [3.63, 3.8) is 0 Å². The highest BCUT2D eigenvalue weighted by molar-refractivity contribution is 6.09. The van der Waals surface area contributed by atoms with E-state index in [1.165, 1.54) is 77.8 Å². The molecule has 0 amide bonds. The normalized spacial score (nSPS) is 17.5. The third-order valence-electron chi connectivity index (χ3n) is 11.5. The number of benzene rings is 7. The van der Waals surface area contributed by atoms with Gasteiger partial charge in [-0.25, -0.2) is 0 Å². The number of anilines is 2. The van der Waals surface area contributed by atoms with Crippen molar-refractivity contribution in [2.24, 2.45) is 0 Å². The Morgan fingerprint density at radius 1 is 0.455 bits per heavy atom. The topological polar surface area (TPSA) is 8.17 Å². The molecule has 2 aliphatic rings. The molecule has 2 heterocycles. The summed E-state index contributed by atoms with van der Waals surface area (Å²) < 4.78 is 2.35. The minimum absolute atomic E-state index is 0.0278. The van der Waals surface area contributed by atoms with Gasteiger partial charge in [0.1, 0.15) is 0 Å². The van der Waals surface area contributed by atoms with E-state index < -0.39 is 0 Å². The summed E-state index contributed by atoms with van der Waals surface area (Å²) in [6.07, 6.45) is 17.8. The Bertz CT molecular complexity index is 2740. The fraction of sp³-hybridized carbons (Fsp3) is 0.0566. The summed E-state index contributed by atoms with van der Waals surface area (Å²) in [7, 11) is 0. The van der Waals surface area contributed by atoms with Crippen LogP contribution in [0.4, 0.5) is 11.4 Å². The Balaban J connectivity index is 0.796. The third-order valence-corrected chi connectivity index (χ3v) is 11.5. The number of allylic oxidation sites excluding steroid dienone is 2. The molecule has 7 aromatic carbocycles. The van der Waals surface area contributed by atoms with Gasteiger partial charge in [-0.2, -0.15) is 0 Å². The van der Waals surface area contributed by atoms with Gasteiger partial charge in [0.2, 0.25) is 0 Å². The average Bonchev–Trinajstić information content (AvgIpc) is 3.72. The van der Waals surface area contributed by atoms with Crippen LogP contribution in [0.3, 0.4) is 0 Å². The van der Waals surface area contributed by atoms with Crippen LogP contribution in [-0.2, 0) is 5.41 Å². The number of rotatable bonds is 7. The number of para-hydroxylation sites is 3. The lowest BCUT2D eigenvalue weighted by atomic mass is 9.76. The van der Waals surface area contributed by atoms with E-state index in [4.69, 9.17) is 0 Å². The molecule has 2 nitrogen and oxygen atoms in total. The molecular weight excluding hydrogens is 665 g/mol. The van der Waals surface area contributed by atoms with Gasteiger partial charge in [-0.05, 0) is 88.3 Å². The Hall–Kier alpha value is -6.90. The number of hydrogen-bond acceptors (Lipinski definition) is 1. The van der Waals surface area contributed by atoms with Crippen LogP contribution < -0.4 is 4.90 Å². The van der Waals surface area contributed by atoms with Gasteiger partial charge in [0, 0.05) is 33.2 Å². The van der Waals surface area contributed by atoms with Crippen LogP contribution >= 0.6 is 0 Å². The highest BCUT2D eigenvalue weighted by Gasteiger charge is 2.46. The minimum atomic E-state index is -0.0278. The molecule has 0 saturated heterocycles. The Labute approximate surface area is 323 Å². The number of fused-ring (bicyclic) bond motifs is 6. The van der Waals surface area contributed by atoms with Crippen LogP contribution in [0.1, 0.15) is 34.7 Å². The lowest BCUT2D eigenvalue weighted by Gasteiger charge is -2.34. The van der Waals surface area contributed by atoms with Crippen molar-refractivity contribution in [3.05, 3.63) is 222 Å². The van der Waals surface area contributed by atoms with E-state index in [0.29, 0.717) is 0 Å². The molecule has 2 unspecified atom stereocenters. The van der Waals surface area contributed by atoms with Crippen molar-refractivity contribution >= 4 is 57.5 Å². The lowest BCUT2D eigenvalue weighted by molar-refractivity contribution is 0.551. The Morgan fingerprint density at radius 3 is 1.45 bits per heavy atom. The number of nitrogens with zero attached hydrogens (tertiary/aromatic N) is 2. The minimum Gasteiger partial charge on any atom is -0.333 e. The van der Waals surface area contributed by atoms with E-state index in [1.54, 1.807) is 0 Å². The molecular formula is C53H40N2. The first-order chi connectivity index (χ1) is 27.1. The summed E-state index contributed by atoms with van der Waals surface area (Å²) in [5, 5.41) is 2.56. The SMILES string of the molecule is CC12C=CC=CC1N(c1ccc(/C=C/c3ccc(-c4ccc(/C=C/c5ccc(-n6c7ccccc7c7ccccc76)cc5)cc4)cc3)cc1)c1ccccc12. The summed E-state index contributed by atoms with van der Waals surface area (Å²) in [5.74, 6) is 0. The molecule has 0 radical (unpaired) electrons. The first-order valence-electron chi connectivity index (χ1n) is 19.1. The molecule has 1 aliphatic heterocycles. The lowest BCUT2D eigenvalue weighted by Crippen LogP contribution is -2.39. The van der Waals surface area contributed by atoms with Gasteiger partial charge in [-0.1, -0.05) is 176 Å². The van der Waals surface area contributed by atoms with E-state index >= 15 is 0 Å². The Kier molecular flexibility index (Phi) is 8.03. The van der Waals surface area contributed by atoms with Crippen molar-refractivity contribution < 1.29 is 0 Å². The second kappa shape index (κ2) is 13.5. The molecule has 0 fully saturated rings. The van der Waals surface area contributed by atoms with Crippen molar-refractivity contribution in [1.29, 1.82) is 0 Å². The van der Waals surface area contributed by atoms with E-state index in [9.17, 15) is 0 Å².